The van der Waals surface area contributed by atoms with Gasteiger partial charge >= 0.3 is 0 Å². The summed E-state index contributed by atoms with van der Waals surface area (Å²) in [6, 6.07) is 16.4. The van der Waals surface area contributed by atoms with E-state index in [1.165, 1.54) is 0 Å². The summed E-state index contributed by atoms with van der Waals surface area (Å²) in [6.45, 7) is 0. The first kappa shape index (κ1) is 15.2. The third-order valence-electron chi connectivity index (χ3n) is 3.64. The van der Waals surface area contributed by atoms with Crippen LogP contribution in [0.5, 0.6) is 5.75 Å². The molecule has 0 bridgehead atoms. The first-order valence-electron chi connectivity index (χ1n) is 7.20. The van der Waals surface area contributed by atoms with E-state index in [4.69, 9.17) is 20.8 Å². The maximum absolute atomic E-state index is 12.4. The number of rotatable bonds is 2. The number of allylic oxidation sites excluding steroid dienone is 1. The molecule has 0 amide bonds. The number of fused-ring (bicyclic) bond motifs is 1. The minimum Gasteiger partial charge on any atom is -0.457 e. The SMILES string of the molecule is O=C1/C(=C/c2ccc(-c3cccc(Br)c3)o2)Oc2ccc(Cl)cc21. The van der Waals surface area contributed by atoms with Gasteiger partial charge in [-0.15, -0.1) is 0 Å². The van der Waals surface area contributed by atoms with E-state index in [1.54, 1.807) is 30.3 Å². The van der Waals surface area contributed by atoms with Crippen molar-refractivity contribution in [1.29, 1.82) is 0 Å². The Morgan fingerprint density at radius 1 is 1.04 bits per heavy atom. The van der Waals surface area contributed by atoms with Crippen molar-refractivity contribution in [2.45, 2.75) is 0 Å². The number of halogens is 2. The molecule has 1 aliphatic heterocycles. The summed E-state index contributed by atoms with van der Waals surface area (Å²) < 4.78 is 12.4. The summed E-state index contributed by atoms with van der Waals surface area (Å²) >= 11 is 9.37. The van der Waals surface area contributed by atoms with Crippen LogP contribution in [0.1, 0.15) is 16.1 Å². The molecule has 0 fully saturated rings. The predicted molar refractivity (Wildman–Crippen MR) is 96.2 cm³/mol. The standard InChI is InChI=1S/C19H10BrClO3/c20-12-3-1-2-11(8-12)16-7-5-14(23-16)10-18-19(22)15-9-13(21)4-6-17(15)24-18/h1-10H/b18-10-. The van der Waals surface area contributed by atoms with E-state index in [1.807, 2.05) is 30.3 Å². The van der Waals surface area contributed by atoms with Crippen LogP contribution in [-0.2, 0) is 0 Å². The number of carbonyl (C=O) groups is 1. The molecule has 1 aromatic heterocycles. The summed E-state index contributed by atoms with van der Waals surface area (Å²) in [6.07, 6.45) is 1.59. The molecule has 4 rings (SSSR count). The van der Waals surface area contributed by atoms with Gasteiger partial charge in [-0.2, -0.15) is 0 Å². The van der Waals surface area contributed by atoms with Gasteiger partial charge in [0.2, 0.25) is 5.78 Å². The normalized spacial score (nSPS) is 14.8. The van der Waals surface area contributed by atoms with E-state index >= 15 is 0 Å². The molecule has 2 heterocycles. The molecule has 0 radical (unpaired) electrons. The second-order valence-corrected chi connectivity index (χ2v) is 6.64. The molecule has 0 N–H and O–H groups in total. The molecule has 0 saturated carbocycles. The van der Waals surface area contributed by atoms with Crippen molar-refractivity contribution in [3.8, 4) is 17.1 Å². The minimum absolute atomic E-state index is 0.201. The highest BCUT2D eigenvalue weighted by Gasteiger charge is 2.27. The van der Waals surface area contributed by atoms with Crippen LogP contribution in [0.3, 0.4) is 0 Å². The van der Waals surface area contributed by atoms with Crippen molar-refractivity contribution in [2.75, 3.05) is 0 Å². The second-order valence-electron chi connectivity index (χ2n) is 5.29. The van der Waals surface area contributed by atoms with Crippen LogP contribution in [-0.4, -0.2) is 5.78 Å². The molecule has 1 aliphatic rings. The first-order valence-corrected chi connectivity index (χ1v) is 8.37. The molecule has 0 saturated heterocycles. The summed E-state index contributed by atoms with van der Waals surface area (Å²) in [5, 5.41) is 0.502. The molecule has 2 aromatic carbocycles. The van der Waals surface area contributed by atoms with E-state index in [0.717, 1.165) is 10.0 Å². The van der Waals surface area contributed by atoms with Gasteiger partial charge in [-0.1, -0.05) is 39.7 Å². The smallest absolute Gasteiger partial charge is 0.232 e. The van der Waals surface area contributed by atoms with Gasteiger partial charge < -0.3 is 9.15 Å². The predicted octanol–water partition coefficient (Wildman–Crippen LogP) is 5.98. The van der Waals surface area contributed by atoms with Crippen LogP contribution >= 0.6 is 27.5 Å². The van der Waals surface area contributed by atoms with Crippen LogP contribution in [0, 0.1) is 0 Å². The molecule has 0 atom stereocenters. The van der Waals surface area contributed by atoms with Gasteiger partial charge in [0.25, 0.3) is 0 Å². The van der Waals surface area contributed by atoms with Crippen molar-refractivity contribution >= 4 is 39.4 Å². The molecular formula is C19H10BrClO3. The summed E-state index contributed by atoms with van der Waals surface area (Å²) in [5.74, 6) is 1.80. The molecule has 5 heteroatoms. The fourth-order valence-electron chi connectivity index (χ4n) is 2.52. The van der Waals surface area contributed by atoms with Gasteiger partial charge in [0.15, 0.2) is 5.76 Å². The highest BCUT2D eigenvalue weighted by molar-refractivity contribution is 9.10. The van der Waals surface area contributed by atoms with E-state index in [2.05, 4.69) is 15.9 Å². The lowest BCUT2D eigenvalue weighted by Gasteiger charge is -1.98. The first-order chi connectivity index (χ1) is 11.6. The van der Waals surface area contributed by atoms with Crippen LogP contribution in [0.4, 0.5) is 0 Å². The summed E-state index contributed by atoms with van der Waals surface area (Å²) in [7, 11) is 0. The average molecular weight is 402 g/mol. The summed E-state index contributed by atoms with van der Waals surface area (Å²) in [4.78, 5) is 12.4. The van der Waals surface area contributed by atoms with E-state index < -0.39 is 0 Å². The molecule has 118 valence electrons. The molecule has 0 unspecified atom stereocenters. The maximum atomic E-state index is 12.4. The van der Waals surface area contributed by atoms with Gasteiger partial charge in [0.05, 0.1) is 5.56 Å². The molecule has 0 spiro atoms. The zero-order valence-electron chi connectivity index (χ0n) is 12.3. The summed E-state index contributed by atoms with van der Waals surface area (Å²) in [5.41, 5.74) is 1.41. The Balaban J connectivity index is 1.65. The molecule has 0 aliphatic carbocycles. The van der Waals surface area contributed by atoms with Crippen molar-refractivity contribution in [2.24, 2.45) is 0 Å². The van der Waals surface area contributed by atoms with Crippen LogP contribution in [0.2, 0.25) is 5.02 Å². The third-order valence-corrected chi connectivity index (χ3v) is 4.37. The Hall–Kier alpha value is -2.30. The molecular weight excluding hydrogens is 392 g/mol. The van der Waals surface area contributed by atoms with Gasteiger partial charge in [0.1, 0.15) is 17.3 Å². The van der Waals surface area contributed by atoms with E-state index in [9.17, 15) is 4.79 Å². The lowest BCUT2D eigenvalue weighted by molar-refractivity contribution is 0.101. The van der Waals surface area contributed by atoms with Gasteiger partial charge in [0, 0.05) is 21.1 Å². The number of benzene rings is 2. The fourth-order valence-corrected chi connectivity index (χ4v) is 3.09. The zero-order valence-corrected chi connectivity index (χ0v) is 14.6. The van der Waals surface area contributed by atoms with Crippen LogP contribution in [0.15, 0.2) is 69.2 Å². The number of hydrogen-bond donors (Lipinski definition) is 0. The minimum atomic E-state index is -0.201. The number of ketones is 1. The van der Waals surface area contributed by atoms with Crippen molar-refractivity contribution in [3.05, 3.63) is 81.2 Å². The number of carbonyl (C=O) groups excluding carboxylic acids is 1. The number of Topliss-reactive ketones (excluding diaryl/α,β-unsaturated/α-hetero) is 1. The molecule has 3 nitrogen and oxygen atoms in total. The van der Waals surface area contributed by atoms with Crippen molar-refractivity contribution in [3.63, 3.8) is 0 Å². The van der Waals surface area contributed by atoms with Gasteiger partial charge in [-0.05, 0) is 42.5 Å². The van der Waals surface area contributed by atoms with Crippen molar-refractivity contribution in [1.82, 2.24) is 0 Å². The second kappa shape index (κ2) is 5.96. The number of ether oxygens (including phenoxy) is 1. The van der Waals surface area contributed by atoms with E-state index in [0.29, 0.717) is 27.9 Å². The van der Waals surface area contributed by atoms with E-state index in [-0.39, 0.29) is 11.5 Å². The Labute approximate surface area is 151 Å². The lowest BCUT2D eigenvalue weighted by atomic mass is 10.1. The van der Waals surface area contributed by atoms with Crippen LogP contribution in [0.25, 0.3) is 17.4 Å². The fraction of sp³-hybridized carbons (Fsp3) is 0. The molecule has 24 heavy (non-hydrogen) atoms. The topological polar surface area (TPSA) is 39.4 Å². The van der Waals surface area contributed by atoms with Gasteiger partial charge in [-0.3, -0.25) is 4.79 Å². The highest BCUT2D eigenvalue weighted by Crippen LogP contribution is 2.34. The Morgan fingerprint density at radius 3 is 2.75 bits per heavy atom. The Kier molecular flexibility index (Phi) is 3.79. The van der Waals surface area contributed by atoms with Crippen molar-refractivity contribution < 1.29 is 13.9 Å². The number of furan rings is 1. The quantitative estimate of drug-likeness (QED) is 0.496. The third kappa shape index (κ3) is 2.79. The monoisotopic (exact) mass is 400 g/mol. The van der Waals surface area contributed by atoms with Gasteiger partial charge in [-0.25, -0.2) is 0 Å². The molecule has 3 aromatic rings. The zero-order chi connectivity index (χ0) is 16.7. The number of hydrogen-bond acceptors (Lipinski definition) is 3. The van der Waals surface area contributed by atoms with Crippen LogP contribution < -0.4 is 4.74 Å². The lowest BCUT2D eigenvalue weighted by Crippen LogP contribution is -1.97. The Bertz CT molecular complexity index is 988. The average Bonchev–Trinajstić information content (AvgIpc) is 3.14. The Morgan fingerprint density at radius 2 is 1.92 bits per heavy atom. The maximum Gasteiger partial charge on any atom is 0.232 e. The largest absolute Gasteiger partial charge is 0.457 e. The highest BCUT2D eigenvalue weighted by atomic mass is 79.9.